The number of rotatable bonds is 3. The van der Waals surface area contributed by atoms with Gasteiger partial charge in [-0.2, -0.15) is 0 Å². The van der Waals surface area contributed by atoms with Gasteiger partial charge in [0.2, 0.25) is 6.29 Å². The molecule has 0 amide bonds. The molecule has 0 aliphatic carbocycles. The fraction of sp³-hybridized carbons (Fsp3) is 0.304. The third-order valence-corrected chi connectivity index (χ3v) is 6.53. The molecule has 33 heavy (non-hydrogen) atoms. The van der Waals surface area contributed by atoms with E-state index < -0.39 is 37.3 Å². The van der Waals surface area contributed by atoms with Crippen LogP contribution in [0.15, 0.2) is 57.7 Å². The fourth-order valence-corrected chi connectivity index (χ4v) is 4.42. The lowest BCUT2D eigenvalue weighted by Crippen LogP contribution is -2.60. The summed E-state index contributed by atoms with van der Waals surface area (Å²) in [6.07, 6.45) is -2.86. The first kappa shape index (κ1) is 24.2. The molecular formula is C23H24Br2N2O6. The Bertz CT molecular complexity index is 1240. The molecular weight excluding hydrogens is 560 g/mol. The van der Waals surface area contributed by atoms with E-state index in [9.17, 15) is 15.3 Å². The summed E-state index contributed by atoms with van der Waals surface area (Å²) < 4.78 is 13.0. The zero-order valence-electron chi connectivity index (χ0n) is 17.6. The van der Waals surface area contributed by atoms with Gasteiger partial charge in [0.05, 0.1) is 12.1 Å². The van der Waals surface area contributed by atoms with Crippen molar-refractivity contribution >= 4 is 53.7 Å². The lowest BCUT2D eigenvalue weighted by Gasteiger charge is -2.39. The predicted octanol–water partition coefficient (Wildman–Crippen LogP) is 3.35. The average molecular weight is 584 g/mol. The lowest BCUT2D eigenvalue weighted by molar-refractivity contribution is -0.277. The van der Waals surface area contributed by atoms with Crippen molar-refractivity contribution in [3.63, 3.8) is 0 Å². The summed E-state index contributed by atoms with van der Waals surface area (Å²) >= 11 is 6.79. The number of aliphatic hydroxyl groups is 4. The van der Waals surface area contributed by atoms with Crippen molar-refractivity contribution in [2.75, 3.05) is 6.61 Å². The number of aryl methyl sites for hydroxylation is 1. The maximum Gasteiger partial charge on any atom is 0.229 e. The van der Waals surface area contributed by atoms with Gasteiger partial charge in [-0.05, 0) is 42.8 Å². The summed E-state index contributed by atoms with van der Waals surface area (Å²) in [5.74, 6) is 0.437. The van der Waals surface area contributed by atoms with E-state index in [2.05, 4.69) is 67.0 Å². The smallest absolute Gasteiger partial charge is 0.229 e. The van der Waals surface area contributed by atoms with Crippen molar-refractivity contribution in [1.29, 1.82) is 0 Å². The van der Waals surface area contributed by atoms with Crippen molar-refractivity contribution < 1.29 is 29.9 Å². The molecule has 6 N–H and O–H groups in total. The van der Waals surface area contributed by atoms with Crippen LogP contribution in [0.4, 0.5) is 0 Å². The van der Waals surface area contributed by atoms with E-state index in [4.69, 9.17) is 14.6 Å². The highest BCUT2D eigenvalue weighted by Gasteiger charge is 2.44. The number of aromatic amines is 2. The van der Waals surface area contributed by atoms with Crippen LogP contribution in [-0.2, 0) is 4.74 Å². The number of benzene rings is 2. The standard InChI is InChI=1S/C14H16BrNO6.C9H8BrN/c15-6-1-2-7-8(3-6)16-4-9(7)21-14-13(20)12(19)11(18)10(5-17)22-14;1-6-5-11-9-4-7(10)2-3-8(6)9/h1-4,10-14,16-20H,5H2;2-5,11H,1H3/t10?,11-,12+,13?,14-;/m1./s1. The number of ether oxygens (including phenoxy) is 2. The second-order valence-electron chi connectivity index (χ2n) is 7.82. The van der Waals surface area contributed by atoms with E-state index in [1.807, 2.05) is 24.4 Å². The highest BCUT2D eigenvalue weighted by Crippen LogP contribution is 2.31. The maximum atomic E-state index is 9.98. The van der Waals surface area contributed by atoms with Crippen molar-refractivity contribution in [1.82, 2.24) is 9.97 Å². The minimum atomic E-state index is -1.46. The molecule has 3 heterocycles. The van der Waals surface area contributed by atoms with Crippen molar-refractivity contribution in [3.05, 3.63) is 63.3 Å². The number of hydrogen-bond acceptors (Lipinski definition) is 6. The molecule has 0 bridgehead atoms. The zero-order valence-corrected chi connectivity index (χ0v) is 20.7. The number of fused-ring (bicyclic) bond motifs is 2. The Hall–Kier alpha value is -1.92. The molecule has 4 aromatic rings. The maximum absolute atomic E-state index is 9.98. The van der Waals surface area contributed by atoms with E-state index in [0.29, 0.717) is 5.75 Å². The van der Waals surface area contributed by atoms with Gasteiger partial charge in [0, 0.05) is 37.6 Å². The van der Waals surface area contributed by atoms with Crippen molar-refractivity contribution in [2.45, 2.75) is 37.6 Å². The topological polar surface area (TPSA) is 131 Å². The van der Waals surface area contributed by atoms with Crippen LogP contribution < -0.4 is 4.74 Å². The van der Waals surface area contributed by atoms with Crippen LogP contribution >= 0.6 is 31.9 Å². The first-order chi connectivity index (χ1) is 15.8. The van der Waals surface area contributed by atoms with Crippen LogP contribution in [0.1, 0.15) is 5.56 Å². The minimum Gasteiger partial charge on any atom is -0.460 e. The largest absolute Gasteiger partial charge is 0.460 e. The van der Waals surface area contributed by atoms with Gasteiger partial charge in [0.1, 0.15) is 30.2 Å². The average Bonchev–Trinajstić information content (AvgIpc) is 3.37. The SMILES string of the molecule is Cc1c[nH]c2cc(Br)ccc12.OCC1O[C@@H](Oc2c[nH]c3cc(Br)ccc23)C(O)[C@@H](O)[C@@H]1O. The Balaban J connectivity index is 0.000000196. The number of hydrogen-bond donors (Lipinski definition) is 6. The number of nitrogens with one attached hydrogen (secondary N) is 2. The normalized spacial score (nSPS) is 25.1. The molecule has 8 nitrogen and oxygen atoms in total. The molecule has 5 rings (SSSR count). The summed E-state index contributed by atoms with van der Waals surface area (Å²) in [5.41, 5.74) is 3.32. The Morgan fingerprint density at radius 3 is 2.15 bits per heavy atom. The van der Waals surface area contributed by atoms with E-state index in [1.165, 1.54) is 16.5 Å². The van der Waals surface area contributed by atoms with Gasteiger partial charge in [0.25, 0.3) is 0 Å². The molecule has 5 atom stereocenters. The predicted molar refractivity (Wildman–Crippen MR) is 131 cm³/mol. The molecule has 1 aliphatic rings. The number of aromatic nitrogens is 2. The van der Waals surface area contributed by atoms with Crippen LogP contribution in [0.25, 0.3) is 21.8 Å². The Morgan fingerprint density at radius 1 is 0.879 bits per heavy atom. The molecule has 0 radical (unpaired) electrons. The third-order valence-electron chi connectivity index (χ3n) is 5.55. The van der Waals surface area contributed by atoms with E-state index >= 15 is 0 Å². The van der Waals surface area contributed by atoms with Gasteiger partial charge >= 0.3 is 0 Å². The molecule has 1 fully saturated rings. The van der Waals surface area contributed by atoms with Crippen LogP contribution in [0.5, 0.6) is 5.75 Å². The molecule has 1 saturated heterocycles. The highest BCUT2D eigenvalue weighted by molar-refractivity contribution is 9.10. The molecule has 2 unspecified atom stereocenters. The second kappa shape index (κ2) is 10.1. The summed E-state index contributed by atoms with van der Waals surface area (Å²) in [5, 5.41) is 40.7. The van der Waals surface area contributed by atoms with E-state index in [-0.39, 0.29) is 0 Å². The van der Waals surface area contributed by atoms with Gasteiger partial charge in [0.15, 0.2) is 0 Å². The van der Waals surface area contributed by atoms with Crippen LogP contribution in [0.3, 0.4) is 0 Å². The minimum absolute atomic E-state index is 0.437. The first-order valence-electron chi connectivity index (χ1n) is 10.3. The number of aliphatic hydroxyl groups excluding tert-OH is 4. The molecule has 0 spiro atoms. The summed E-state index contributed by atoms with van der Waals surface area (Å²) in [7, 11) is 0. The van der Waals surface area contributed by atoms with Gasteiger partial charge in [-0.25, -0.2) is 0 Å². The van der Waals surface area contributed by atoms with Gasteiger partial charge in [-0.3, -0.25) is 0 Å². The van der Waals surface area contributed by atoms with Gasteiger partial charge in [-0.15, -0.1) is 0 Å². The summed E-state index contributed by atoms with van der Waals surface area (Å²) in [4.78, 5) is 6.22. The van der Waals surface area contributed by atoms with E-state index in [1.54, 1.807) is 6.20 Å². The molecule has 0 saturated carbocycles. The molecule has 1 aliphatic heterocycles. The van der Waals surface area contributed by atoms with Gasteiger partial charge < -0.3 is 39.9 Å². The third kappa shape index (κ3) is 5.12. The highest BCUT2D eigenvalue weighted by atomic mass is 79.9. The summed E-state index contributed by atoms with van der Waals surface area (Å²) in [6, 6.07) is 11.8. The Morgan fingerprint density at radius 2 is 1.48 bits per heavy atom. The fourth-order valence-electron chi connectivity index (χ4n) is 3.70. The first-order valence-corrected chi connectivity index (χ1v) is 11.8. The Kier molecular flexibility index (Phi) is 7.44. The molecule has 176 valence electrons. The zero-order chi connectivity index (χ0) is 23.7. The molecule has 2 aromatic heterocycles. The second-order valence-corrected chi connectivity index (χ2v) is 9.65. The molecule has 2 aromatic carbocycles. The number of H-pyrrole nitrogens is 2. The van der Waals surface area contributed by atoms with E-state index in [0.717, 1.165) is 19.8 Å². The van der Waals surface area contributed by atoms with Crippen LogP contribution in [0.2, 0.25) is 0 Å². The van der Waals surface area contributed by atoms with Crippen LogP contribution in [-0.4, -0.2) is 67.7 Å². The Labute approximate surface area is 206 Å². The van der Waals surface area contributed by atoms with Crippen molar-refractivity contribution in [3.8, 4) is 5.75 Å². The quantitative estimate of drug-likeness (QED) is 0.219. The lowest BCUT2D eigenvalue weighted by atomic mass is 9.99. The number of halogens is 2. The van der Waals surface area contributed by atoms with Gasteiger partial charge in [-0.1, -0.05) is 37.9 Å². The van der Waals surface area contributed by atoms with Crippen molar-refractivity contribution in [2.24, 2.45) is 0 Å². The summed E-state index contributed by atoms with van der Waals surface area (Å²) in [6.45, 7) is 1.61. The monoisotopic (exact) mass is 582 g/mol. The molecule has 10 heteroatoms. The van der Waals surface area contributed by atoms with Crippen LogP contribution in [0, 0.1) is 6.92 Å².